The summed E-state index contributed by atoms with van der Waals surface area (Å²) in [5, 5.41) is 10.4. The molecule has 2 fully saturated rings. The Labute approximate surface area is 351 Å². The number of imide groups is 1. The molecule has 13 nitrogen and oxygen atoms in total. The fourth-order valence-electron chi connectivity index (χ4n) is 8.22. The lowest BCUT2D eigenvalue weighted by Crippen LogP contribution is -2.61. The highest BCUT2D eigenvalue weighted by Gasteiger charge is 2.54. The third-order valence-electron chi connectivity index (χ3n) is 10.9. The Morgan fingerprint density at radius 1 is 0.850 bits per heavy atom. The van der Waals surface area contributed by atoms with Crippen LogP contribution in [0.1, 0.15) is 67.1 Å². The number of ketones is 1. The number of amides is 2. The number of hydrogen-bond donors (Lipinski definition) is 1. The first-order valence-electron chi connectivity index (χ1n) is 20.4. The summed E-state index contributed by atoms with van der Waals surface area (Å²) in [5.41, 5.74) is 3.44. The van der Waals surface area contributed by atoms with Crippen LogP contribution < -0.4 is 0 Å². The Morgan fingerprint density at radius 2 is 1.50 bits per heavy atom. The van der Waals surface area contributed by atoms with Crippen LogP contribution in [-0.4, -0.2) is 104 Å². The monoisotopic (exact) mass is 827 g/mol. The van der Waals surface area contributed by atoms with E-state index in [0.717, 1.165) is 27.2 Å². The number of aryl methyl sites for hydroxylation is 2. The number of methoxy groups -OCH3 is 2. The quantitative estimate of drug-likeness (QED) is 0.0584. The Bertz CT molecular complexity index is 2030. The van der Waals surface area contributed by atoms with E-state index in [1.807, 2.05) is 106 Å². The molecule has 2 aliphatic rings. The molecule has 6 rings (SSSR count). The second kappa shape index (κ2) is 20.2. The molecule has 322 valence electrons. The highest BCUT2D eigenvalue weighted by atomic mass is 16.7. The molecule has 1 aromatic heterocycles. The van der Waals surface area contributed by atoms with Crippen LogP contribution in [0.4, 0.5) is 4.79 Å². The second-order valence-corrected chi connectivity index (χ2v) is 16.1. The average Bonchev–Trinajstić information content (AvgIpc) is 3.78. The summed E-state index contributed by atoms with van der Waals surface area (Å²) in [4.78, 5) is 42.0. The minimum absolute atomic E-state index is 0.0847. The molecule has 13 heteroatoms. The maximum absolute atomic E-state index is 14.1. The number of carbonyl (C=O) groups is 3. The number of nitrogens with zero attached hydrogens (tertiary/aromatic N) is 1. The number of rotatable bonds is 19. The highest BCUT2D eigenvalue weighted by Crippen LogP contribution is 2.36. The van der Waals surface area contributed by atoms with Crippen LogP contribution in [-0.2, 0) is 57.6 Å². The molecule has 0 radical (unpaired) electrons. The minimum Gasteiger partial charge on any atom is -0.457 e. The Kier molecular flexibility index (Phi) is 15.1. The molecule has 0 bridgehead atoms. The molecule has 0 saturated carbocycles. The third-order valence-corrected chi connectivity index (χ3v) is 10.9. The minimum atomic E-state index is -1.65. The van der Waals surface area contributed by atoms with E-state index >= 15 is 0 Å². The van der Waals surface area contributed by atoms with Crippen molar-refractivity contribution in [2.45, 2.75) is 109 Å². The van der Waals surface area contributed by atoms with Gasteiger partial charge in [-0.05, 0) is 55.9 Å². The molecule has 4 aromatic rings. The zero-order chi connectivity index (χ0) is 43.0. The van der Waals surface area contributed by atoms with E-state index in [-0.39, 0.29) is 38.1 Å². The smallest absolute Gasteiger partial charge is 0.417 e. The first-order valence-corrected chi connectivity index (χ1v) is 20.4. The van der Waals surface area contributed by atoms with E-state index in [9.17, 15) is 19.5 Å². The molecule has 7 atom stereocenters. The number of aliphatic hydroxyl groups excluding tert-OH is 1. The summed E-state index contributed by atoms with van der Waals surface area (Å²) in [5.74, 6) is -1.28. The molecular weight excluding hydrogens is 771 g/mol. The van der Waals surface area contributed by atoms with Gasteiger partial charge in [-0.3, -0.25) is 9.59 Å². The number of hydrogen-bond acceptors (Lipinski definition) is 12. The van der Waals surface area contributed by atoms with Gasteiger partial charge in [0, 0.05) is 32.8 Å². The molecule has 1 N–H and O–H groups in total. The highest BCUT2D eigenvalue weighted by molar-refractivity contribution is 6.14. The van der Waals surface area contributed by atoms with E-state index in [1.54, 1.807) is 19.9 Å². The van der Waals surface area contributed by atoms with Crippen molar-refractivity contribution in [1.82, 2.24) is 4.90 Å². The van der Waals surface area contributed by atoms with Crippen molar-refractivity contribution in [3.63, 3.8) is 0 Å². The van der Waals surface area contributed by atoms with Gasteiger partial charge >= 0.3 is 6.09 Å². The molecule has 3 aromatic carbocycles. The van der Waals surface area contributed by atoms with Gasteiger partial charge < -0.3 is 42.7 Å². The number of ether oxygens (including phenoxy) is 7. The van der Waals surface area contributed by atoms with Gasteiger partial charge in [-0.2, -0.15) is 0 Å². The Hall–Kier alpha value is -4.73. The molecule has 2 saturated heterocycles. The average molecular weight is 828 g/mol. The van der Waals surface area contributed by atoms with Crippen LogP contribution in [0.25, 0.3) is 11.1 Å². The van der Waals surface area contributed by atoms with Gasteiger partial charge in [0.25, 0.3) is 5.91 Å². The summed E-state index contributed by atoms with van der Waals surface area (Å²) < 4.78 is 48.8. The SMILES string of the molecule is CO[C@H](C(=O)c1cc(-c2cccc(C)c2)c(CCCO[C@@H]2[C@@H](OC)O[C@H](CO)[C@@H](OCc3ccccc3)[C@@H]2OCc2ccccc2)o1)C(=O)N1C(=O)OC(C)(C)[C@H]1C(C)C. The van der Waals surface area contributed by atoms with Crippen molar-refractivity contribution in [2.75, 3.05) is 27.4 Å². The lowest BCUT2D eigenvalue weighted by Gasteiger charge is -2.45. The lowest BCUT2D eigenvalue weighted by molar-refractivity contribution is -0.319. The molecule has 2 amide bonds. The summed E-state index contributed by atoms with van der Waals surface area (Å²) in [6.07, 6.45) is -5.48. The van der Waals surface area contributed by atoms with Crippen molar-refractivity contribution < 1.29 is 57.1 Å². The van der Waals surface area contributed by atoms with Crippen molar-refractivity contribution in [1.29, 1.82) is 0 Å². The van der Waals surface area contributed by atoms with Gasteiger partial charge in [-0.1, -0.05) is 104 Å². The van der Waals surface area contributed by atoms with Gasteiger partial charge in [0.05, 0.1) is 25.9 Å². The predicted octanol–water partition coefficient (Wildman–Crippen LogP) is 7.09. The molecule has 0 spiro atoms. The molecule has 60 heavy (non-hydrogen) atoms. The van der Waals surface area contributed by atoms with Gasteiger partial charge in [0.15, 0.2) is 12.1 Å². The van der Waals surface area contributed by atoms with E-state index in [0.29, 0.717) is 24.2 Å². The number of cyclic esters (lactones) is 1. The topological polar surface area (TPSA) is 152 Å². The van der Waals surface area contributed by atoms with Crippen LogP contribution in [0.5, 0.6) is 0 Å². The first-order chi connectivity index (χ1) is 28.9. The Balaban J connectivity index is 1.22. The van der Waals surface area contributed by atoms with Gasteiger partial charge in [-0.15, -0.1) is 0 Å². The van der Waals surface area contributed by atoms with Crippen LogP contribution in [0, 0.1) is 12.8 Å². The standard InChI is InChI=1S/C47H57NO12/c1-29(2)43-47(4,5)60-46(52)48(43)44(51)40(53-6)38(50)36-25-34(33-21-14-16-30(3)24-33)35(58-36)22-15-23-55-42-41(57-28-32-19-12-9-13-20-32)39(37(26-49)59-45(42)54-7)56-27-31-17-10-8-11-18-31/h8-14,16-21,24-25,29,37,39-43,45,49H,15,22-23,26-28H2,1-7H3/t37-,39-,40-,41+,42+,43-,45+/m1/s1. The third kappa shape index (κ3) is 10.2. The van der Waals surface area contributed by atoms with Gasteiger partial charge in [0.2, 0.25) is 11.9 Å². The fourth-order valence-corrected chi connectivity index (χ4v) is 8.22. The maximum Gasteiger partial charge on any atom is 0.417 e. The zero-order valence-corrected chi connectivity index (χ0v) is 35.4. The van der Waals surface area contributed by atoms with Gasteiger partial charge in [-0.25, -0.2) is 9.69 Å². The summed E-state index contributed by atoms with van der Waals surface area (Å²) in [6.45, 7) is 9.60. The van der Waals surface area contributed by atoms with Gasteiger partial charge in [0.1, 0.15) is 35.8 Å². The zero-order valence-electron chi connectivity index (χ0n) is 35.4. The summed E-state index contributed by atoms with van der Waals surface area (Å²) in [7, 11) is 2.76. The lowest BCUT2D eigenvalue weighted by atomic mass is 9.88. The van der Waals surface area contributed by atoms with E-state index in [2.05, 4.69) is 0 Å². The number of carbonyl (C=O) groups excluding carboxylic acids is 3. The van der Waals surface area contributed by atoms with Crippen molar-refractivity contribution in [3.8, 4) is 11.1 Å². The molecule has 0 unspecified atom stereocenters. The largest absolute Gasteiger partial charge is 0.457 e. The van der Waals surface area contributed by atoms with Crippen LogP contribution in [0.15, 0.2) is 95.4 Å². The van der Waals surface area contributed by atoms with E-state index in [4.69, 9.17) is 37.6 Å². The van der Waals surface area contributed by atoms with Crippen LogP contribution in [0.2, 0.25) is 0 Å². The molecule has 0 aliphatic carbocycles. The molecule has 3 heterocycles. The number of benzene rings is 3. The van der Waals surface area contributed by atoms with E-state index < -0.39 is 66.2 Å². The van der Waals surface area contributed by atoms with Crippen LogP contribution in [0.3, 0.4) is 0 Å². The van der Waals surface area contributed by atoms with E-state index in [1.165, 1.54) is 14.2 Å². The second-order valence-electron chi connectivity index (χ2n) is 16.1. The Morgan fingerprint density at radius 3 is 2.08 bits per heavy atom. The number of Topliss-reactive ketones (excluding diaryl/α,β-unsaturated/α-hetero) is 1. The first kappa shape index (κ1) is 44.8. The predicted molar refractivity (Wildman–Crippen MR) is 221 cm³/mol. The summed E-state index contributed by atoms with van der Waals surface area (Å²) in [6, 6.07) is 28.3. The summed E-state index contributed by atoms with van der Waals surface area (Å²) >= 11 is 0. The number of aliphatic hydroxyl groups is 1. The van der Waals surface area contributed by atoms with Crippen molar-refractivity contribution >= 4 is 17.8 Å². The maximum atomic E-state index is 14.1. The molecule has 2 aliphatic heterocycles. The van der Waals surface area contributed by atoms with Crippen molar-refractivity contribution in [3.05, 3.63) is 119 Å². The number of furan rings is 1. The normalized spacial score (nSPS) is 23.1. The fraction of sp³-hybridized carbons (Fsp3) is 0.468. The van der Waals surface area contributed by atoms with Crippen LogP contribution >= 0.6 is 0 Å². The molecular formula is C47H57NO12. The van der Waals surface area contributed by atoms with Crippen molar-refractivity contribution in [2.24, 2.45) is 5.92 Å².